The minimum absolute atomic E-state index is 0.0183. The van der Waals surface area contributed by atoms with Crippen molar-refractivity contribution < 1.29 is 8.42 Å². The number of sulfonamides is 1. The van der Waals surface area contributed by atoms with Crippen molar-refractivity contribution in [2.75, 3.05) is 11.5 Å². The van der Waals surface area contributed by atoms with Crippen molar-refractivity contribution >= 4 is 21.8 Å². The minimum Gasteiger partial charge on any atom is -0.326 e. The van der Waals surface area contributed by atoms with Crippen LogP contribution >= 0.6 is 11.8 Å². The van der Waals surface area contributed by atoms with E-state index in [9.17, 15) is 8.42 Å². The van der Waals surface area contributed by atoms with Crippen LogP contribution in [0.5, 0.6) is 0 Å². The molecule has 0 saturated carbocycles. The Morgan fingerprint density at radius 2 is 2.33 bits per heavy atom. The number of rotatable bonds is 4. The van der Waals surface area contributed by atoms with Crippen molar-refractivity contribution in [3.63, 3.8) is 0 Å². The van der Waals surface area contributed by atoms with Gasteiger partial charge in [0.2, 0.25) is 0 Å². The fourth-order valence-electron chi connectivity index (χ4n) is 1.80. The highest BCUT2D eigenvalue weighted by Gasteiger charge is 2.22. The Labute approximate surface area is 112 Å². The van der Waals surface area contributed by atoms with E-state index in [2.05, 4.69) is 9.71 Å². The van der Waals surface area contributed by atoms with Crippen molar-refractivity contribution in [1.29, 1.82) is 0 Å². The second-order valence-corrected chi connectivity index (χ2v) is 7.05. The molecule has 3 N–H and O–H groups in total. The van der Waals surface area contributed by atoms with Crippen LogP contribution in [-0.2, 0) is 16.6 Å². The molecule has 1 aliphatic rings. The van der Waals surface area contributed by atoms with Crippen LogP contribution in [0.4, 0.5) is 0 Å². The summed E-state index contributed by atoms with van der Waals surface area (Å²) in [6.45, 7) is 0.361. The molecular weight excluding hydrogens is 270 g/mol. The molecule has 1 atom stereocenters. The van der Waals surface area contributed by atoms with Crippen LogP contribution in [0.1, 0.15) is 18.4 Å². The van der Waals surface area contributed by atoms with Gasteiger partial charge < -0.3 is 5.73 Å². The normalized spacial score (nSPS) is 20.8. The van der Waals surface area contributed by atoms with Crippen molar-refractivity contribution in [2.24, 2.45) is 5.73 Å². The lowest BCUT2D eigenvalue weighted by Gasteiger charge is -2.22. The number of aromatic nitrogens is 1. The SMILES string of the molecule is NCc1ccc(S(=O)(=O)NC2CCCSC2)nc1. The number of hydrogen-bond donors (Lipinski definition) is 2. The molecule has 0 amide bonds. The van der Waals surface area contributed by atoms with E-state index in [1.165, 1.54) is 12.3 Å². The van der Waals surface area contributed by atoms with Crippen LogP contribution in [0.2, 0.25) is 0 Å². The van der Waals surface area contributed by atoms with Crippen LogP contribution in [0, 0.1) is 0 Å². The largest absolute Gasteiger partial charge is 0.326 e. The van der Waals surface area contributed by atoms with Gasteiger partial charge in [0, 0.05) is 24.5 Å². The molecule has 5 nitrogen and oxygen atoms in total. The summed E-state index contributed by atoms with van der Waals surface area (Å²) >= 11 is 1.78. The summed E-state index contributed by atoms with van der Waals surface area (Å²) in [5.41, 5.74) is 6.27. The maximum atomic E-state index is 12.1. The maximum absolute atomic E-state index is 12.1. The maximum Gasteiger partial charge on any atom is 0.258 e. The van der Waals surface area contributed by atoms with E-state index in [-0.39, 0.29) is 11.1 Å². The quantitative estimate of drug-likeness (QED) is 0.852. The van der Waals surface area contributed by atoms with Gasteiger partial charge in [-0.2, -0.15) is 11.8 Å². The molecule has 0 bridgehead atoms. The summed E-state index contributed by atoms with van der Waals surface area (Å²) in [7, 11) is -3.50. The van der Waals surface area contributed by atoms with E-state index >= 15 is 0 Å². The summed E-state index contributed by atoms with van der Waals surface area (Å²) in [6, 6.07) is 3.21. The van der Waals surface area contributed by atoms with Gasteiger partial charge in [0.25, 0.3) is 10.0 Å². The minimum atomic E-state index is -3.50. The van der Waals surface area contributed by atoms with Crippen LogP contribution in [0.15, 0.2) is 23.4 Å². The first-order valence-electron chi connectivity index (χ1n) is 5.87. The van der Waals surface area contributed by atoms with E-state index < -0.39 is 10.0 Å². The van der Waals surface area contributed by atoms with E-state index in [1.807, 2.05) is 0 Å². The van der Waals surface area contributed by atoms with Gasteiger partial charge >= 0.3 is 0 Å². The summed E-state index contributed by atoms with van der Waals surface area (Å²) in [4.78, 5) is 3.95. The van der Waals surface area contributed by atoms with E-state index in [0.717, 1.165) is 29.9 Å². The van der Waals surface area contributed by atoms with Gasteiger partial charge in [0.15, 0.2) is 5.03 Å². The third-order valence-electron chi connectivity index (χ3n) is 2.79. The molecule has 1 aromatic rings. The molecule has 0 spiro atoms. The molecule has 0 aliphatic carbocycles. The highest BCUT2D eigenvalue weighted by molar-refractivity contribution is 7.99. The van der Waals surface area contributed by atoms with Gasteiger partial charge in [-0.1, -0.05) is 6.07 Å². The van der Waals surface area contributed by atoms with Crippen molar-refractivity contribution in [3.05, 3.63) is 23.9 Å². The van der Waals surface area contributed by atoms with Crippen molar-refractivity contribution in [3.8, 4) is 0 Å². The van der Waals surface area contributed by atoms with E-state index in [4.69, 9.17) is 5.73 Å². The average Bonchev–Trinajstić information content (AvgIpc) is 2.39. The molecule has 7 heteroatoms. The smallest absolute Gasteiger partial charge is 0.258 e. The Kier molecular flexibility index (Phi) is 4.60. The molecule has 100 valence electrons. The van der Waals surface area contributed by atoms with Crippen LogP contribution < -0.4 is 10.5 Å². The second kappa shape index (κ2) is 6.01. The van der Waals surface area contributed by atoms with Gasteiger partial charge in [-0.15, -0.1) is 0 Å². The lowest BCUT2D eigenvalue weighted by atomic mass is 10.2. The monoisotopic (exact) mass is 287 g/mol. The fourth-order valence-corrected chi connectivity index (χ4v) is 4.18. The average molecular weight is 287 g/mol. The highest BCUT2D eigenvalue weighted by atomic mass is 32.2. The topological polar surface area (TPSA) is 85.1 Å². The third kappa shape index (κ3) is 3.44. The summed E-state index contributed by atoms with van der Waals surface area (Å²) < 4.78 is 26.9. The molecule has 0 radical (unpaired) electrons. The number of thioether (sulfide) groups is 1. The van der Waals surface area contributed by atoms with Gasteiger partial charge in [-0.3, -0.25) is 0 Å². The number of nitrogens with one attached hydrogen (secondary N) is 1. The number of pyridine rings is 1. The molecule has 1 fully saturated rings. The molecular formula is C11H17N3O2S2. The van der Waals surface area contributed by atoms with Crippen molar-refractivity contribution in [2.45, 2.75) is 30.5 Å². The molecule has 2 rings (SSSR count). The Balaban J connectivity index is 2.08. The van der Waals surface area contributed by atoms with Gasteiger partial charge in [-0.25, -0.2) is 18.1 Å². The van der Waals surface area contributed by atoms with Gasteiger partial charge in [0.1, 0.15) is 0 Å². The number of nitrogens with zero attached hydrogens (tertiary/aromatic N) is 1. The molecule has 1 aromatic heterocycles. The molecule has 1 saturated heterocycles. The molecule has 18 heavy (non-hydrogen) atoms. The Morgan fingerprint density at radius 3 is 2.89 bits per heavy atom. The zero-order valence-electron chi connectivity index (χ0n) is 10.0. The first kappa shape index (κ1) is 13.8. The van der Waals surface area contributed by atoms with Crippen molar-refractivity contribution in [1.82, 2.24) is 9.71 Å². The highest BCUT2D eigenvalue weighted by Crippen LogP contribution is 2.18. The number of nitrogens with two attached hydrogens (primary N) is 1. The fraction of sp³-hybridized carbons (Fsp3) is 0.545. The Bertz CT molecular complexity index is 482. The van der Waals surface area contributed by atoms with Gasteiger partial charge in [-0.05, 0) is 30.2 Å². The van der Waals surface area contributed by atoms with Gasteiger partial charge in [0.05, 0.1) is 0 Å². The zero-order valence-corrected chi connectivity index (χ0v) is 11.6. The Hall–Kier alpha value is -0.630. The standard InChI is InChI=1S/C11H17N3O2S2/c12-6-9-3-4-11(13-7-9)18(15,16)14-10-2-1-5-17-8-10/h3-4,7,10,14H,1-2,5-6,8,12H2. The van der Waals surface area contributed by atoms with E-state index in [0.29, 0.717) is 6.54 Å². The van der Waals surface area contributed by atoms with Crippen LogP contribution in [0.25, 0.3) is 0 Å². The summed E-state index contributed by atoms with van der Waals surface area (Å²) in [5, 5.41) is 0.0651. The second-order valence-electron chi connectivity index (χ2n) is 4.24. The summed E-state index contributed by atoms with van der Waals surface area (Å²) in [6.07, 6.45) is 3.45. The zero-order chi connectivity index (χ0) is 13.0. The first-order chi connectivity index (χ1) is 8.62. The van der Waals surface area contributed by atoms with Crippen LogP contribution in [-0.4, -0.2) is 30.9 Å². The lowest BCUT2D eigenvalue weighted by molar-refractivity contribution is 0.540. The van der Waals surface area contributed by atoms with Crippen LogP contribution in [0.3, 0.4) is 0 Å². The van der Waals surface area contributed by atoms with E-state index in [1.54, 1.807) is 17.8 Å². The number of hydrogen-bond acceptors (Lipinski definition) is 5. The summed E-state index contributed by atoms with van der Waals surface area (Å²) in [5.74, 6) is 1.95. The molecule has 0 aromatic carbocycles. The predicted octanol–water partition coefficient (Wildman–Crippen LogP) is 0.714. The third-order valence-corrected chi connectivity index (χ3v) is 5.44. The predicted molar refractivity (Wildman–Crippen MR) is 72.8 cm³/mol. The molecule has 2 heterocycles. The Morgan fingerprint density at radius 1 is 1.50 bits per heavy atom. The first-order valence-corrected chi connectivity index (χ1v) is 8.50. The molecule has 1 unspecified atom stereocenters. The lowest BCUT2D eigenvalue weighted by Crippen LogP contribution is -2.38. The molecule has 1 aliphatic heterocycles.